The highest BCUT2D eigenvalue weighted by Gasteiger charge is 2.21. The van der Waals surface area contributed by atoms with Gasteiger partial charge in [-0.15, -0.1) is 11.3 Å². The first-order chi connectivity index (χ1) is 14.0. The van der Waals surface area contributed by atoms with Crippen molar-refractivity contribution in [2.75, 3.05) is 20.8 Å². The zero-order valence-electron chi connectivity index (χ0n) is 16.3. The van der Waals surface area contributed by atoms with Gasteiger partial charge in [0, 0.05) is 29.3 Å². The van der Waals surface area contributed by atoms with Crippen LogP contribution >= 0.6 is 22.9 Å². The Bertz CT molecular complexity index is 1040. The van der Waals surface area contributed by atoms with E-state index in [0.29, 0.717) is 43.7 Å². The molecule has 154 valence electrons. The molecule has 0 saturated carbocycles. The molecule has 0 aliphatic carbocycles. The summed E-state index contributed by atoms with van der Waals surface area (Å²) in [7, 11) is 3.04. The molecule has 8 heteroatoms. The van der Waals surface area contributed by atoms with Crippen LogP contribution in [0.15, 0.2) is 30.3 Å². The van der Waals surface area contributed by atoms with E-state index in [4.69, 9.17) is 25.8 Å². The van der Waals surface area contributed by atoms with E-state index in [9.17, 15) is 9.18 Å². The molecule has 0 aliphatic heterocycles. The van der Waals surface area contributed by atoms with E-state index in [0.717, 1.165) is 5.56 Å². The fourth-order valence-electron chi connectivity index (χ4n) is 3.06. The third-order valence-electron chi connectivity index (χ3n) is 4.29. The second kappa shape index (κ2) is 9.43. The fourth-order valence-corrected chi connectivity index (χ4v) is 4.48. The maximum Gasteiger partial charge on any atom is 0.262 e. The van der Waals surface area contributed by atoms with E-state index in [-0.39, 0.29) is 24.9 Å². The quantitative estimate of drug-likeness (QED) is 0.527. The van der Waals surface area contributed by atoms with Crippen LogP contribution in [0.3, 0.4) is 0 Å². The lowest BCUT2D eigenvalue weighted by Crippen LogP contribution is -2.23. The minimum Gasteiger partial charge on any atom is -0.493 e. The molecule has 1 aromatic heterocycles. The number of thiophene rings is 1. The summed E-state index contributed by atoms with van der Waals surface area (Å²) in [5.74, 6) is 0.288. The van der Waals surface area contributed by atoms with E-state index < -0.39 is 0 Å². The first kappa shape index (κ1) is 21.4. The molecule has 0 aliphatic rings. The standard InChI is InChI=1S/C21H21ClFNO4S/c1-4-28-19-14(22)8-12(9-16(19)27-3)10-24-21(25)20-13(11-26-2)18-15(23)6-5-7-17(18)29-20/h5-9H,4,10-11H2,1-3H3,(H,24,25). The van der Waals surface area contributed by atoms with Gasteiger partial charge in [-0.25, -0.2) is 4.39 Å². The zero-order chi connectivity index (χ0) is 21.0. The van der Waals surface area contributed by atoms with Gasteiger partial charge in [-0.1, -0.05) is 17.7 Å². The number of carbonyl (C=O) groups is 1. The predicted octanol–water partition coefficient (Wildman–Crippen LogP) is 5.18. The molecule has 1 N–H and O–H groups in total. The highest BCUT2D eigenvalue weighted by atomic mass is 35.5. The second-order valence-corrected chi connectivity index (χ2v) is 7.64. The predicted molar refractivity (Wildman–Crippen MR) is 113 cm³/mol. The van der Waals surface area contributed by atoms with Crippen molar-refractivity contribution in [2.24, 2.45) is 0 Å². The number of hydrogen-bond acceptors (Lipinski definition) is 5. The van der Waals surface area contributed by atoms with Crippen LogP contribution in [0, 0.1) is 5.82 Å². The molecule has 29 heavy (non-hydrogen) atoms. The van der Waals surface area contributed by atoms with Crippen LogP contribution in [-0.4, -0.2) is 26.7 Å². The number of carbonyl (C=O) groups excluding carboxylic acids is 1. The van der Waals surface area contributed by atoms with Crippen molar-refractivity contribution in [1.82, 2.24) is 5.32 Å². The van der Waals surface area contributed by atoms with Crippen LogP contribution in [0.1, 0.15) is 27.7 Å². The van der Waals surface area contributed by atoms with Crippen molar-refractivity contribution >= 4 is 38.9 Å². The molecular formula is C21H21ClFNO4S. The summed E-state index contributed by atoms with van der Waals surface area (Å²) in [5.41, 5.74) is 1.30. The molecule has 5 nitrogen and oxygen atoms in total. The van der Waals surface area contributed by atoms with Crippen LogP contribution in [0.4, 0.5) is 4.39 Å². The van der Waals surface area contributed by atoms with E-state index >= 15 is 0 Å². The summed E-state index contributed by atoms with van der Waals surface area (Å²) in [4.78, 5) is 13.3. The van der Waals surface area contributed by atoms with Gasteiger partial charge in [-0.3, -0.25) is 4.79 Å². The van der Waals surface area contributed by atoms with Gasteiger partial charge in [0.2, 0.25) is 0 Å². The first-order valence-electron chi connectivity index (χ1n) is 8.96. The van der Waals surface area contributed by atoms with Crippen molar-refractivity contribution < 1.29 is 23.4 Å². The smallest absolute Gasteiger partial charge is 0.262 e. The Hall–Kier alpha value is -2.35. The first-order valence-corrected chi connectivity index (χ1v) is 10.2. The molecule has 0 saturated heterocycles. The maximum absolute atomic E-state index is 14.3. The number of methoxy groups -OCH3 is 2. The summed E-state index contributed by atoms with van der Waals surface area (Å²) in [6.07, 6.45) is 0. The highest BCUT2D eigenvalue weighted by Crippen LogP contribution is 2.37. The van der Waals surface area contributed by atoms with Gasteiger partial charge in [0.25, 0.3) is 5.91 Å². The van der Waals surface area contributed by atoms with Crippen molar-refractivity contribution in [2.45, 2.75) is 20.1 Å². The van der Waals surface area contributed by atoms with Crippen LogP contribution in [0.2, 0.25) is 5.02 Å². The monoisotopic (exact) mass is 437 g/mol. The van der Waals surface area contributed by atoms with Gasteiger partial charge in [-0.2, -0.15) is 0 Å². The summed E-state index contributed by atoms with van der Waals surface area (Å²) in [6, 6.07) is 8.27. The molecule has 0 fully saturated rings. The van der Waals surface area contributed by atoms with Crippen molar-refractivity contribution in [3.63, 3.8) is 0 Å². The molecule has 0 bridgehead atoms. The molecular weight excluding hydrogens is 417 g/mol. The lowest BCUT2D eigenvalue weighted by atomic mass is 10.1. The molecule has 1 amide bonds. The normalized spacial score (nSPS) is 10.9. The van der Waals surface area contributed by atoms with Gasteiger partial charge in [0.15, 0.2) is 11.5 Å². The number of amides is 1. The number of ether oxygens (including phenoxy) is 3. The van der Waals surface area contributed by atoms with E-state index in [1.807, 2.05) is 6.92 Å². The third-order valence-corrected chi connectivity index (χ3v) is 5.77. The maximum atomic E-state index is 14.3. The fraction of sp³-hybridized carbons (Fsp3) is 0.286. The average molecular weight is 438 g/mol. The van der Waals surface area contributed by atoms with Crippen LogP contribution in [0.5, 0.6) is 11.5 Å². The van der Waals surface area contributed by atoms with E-state index in [1.165, 1.54) is 31.6 Å². The van der Waals surface area contributed by atoms with Crippen LogP contribution in [0.25, 0.3) is 10.1 Å². The molecule has 3 rings (SSSR count). The number of hydrogen-bond donors (Lipinski definition) is 1. The summed E-state index contributed by atoms with van der Waals surface area (Å²) in [5, 5.41) is 3.69. The van der Waals surface area contributed by atoms with Gasteiger partial charge >= 0.3 is 0 Å². The Morgan fingerprint density at radius 1 is 1.28 bits per heavy atom. The van der Waals surface area contributed by atoms with Gasteiger partial charge in [-0.05, 0) is 36.8 Å². The number of rotatable bonds is 8. The molecule has 0 atom stereocenters. The number of benzene rings is 2. The Kier molecular flexibility index (Phi) is 6.95. The Labute approximate surface area is 177 Å². The van der Waals surface area contributed by atoms with Crippen LogP contribution in [-0.2, 0) is 17.9 Å². The topological polar surface area (TPSA) is 56.8 Å². The summed E-state index contributed by atoms with van der Waals surface area (Å²) < 4.78 is 31.0. The number of halogens is 2. The number of fused-ring (bicyclic) bond motifs is 1. The van der Waals surface area contributed by atoms with E-state index in [1.54, 1.807) is 24.3 Å². The van der Waals surface area contributed by atoms with Crippen molar-refractivity contribution in [3.05, 3.63) is 57.2 Å². The van der Waals surface area contributed by atoms with Crippen molar-refractivity contribution in [3.8, 4) is 11.5 Å². The summed E-state index contributed by atoms with van der Waals surface area (Å²) in [6.45, 7) is 2.68. The third kappa shape index (κ3) is 4.47. The molecule has 0 unspecified atom stereocenters. The summed E-state index contributed by atoms with van der Waals surface area (Å²) >= 11 is 7.53. The lowest BCUT2D eigenvalue weighted by Gasteiger charge is -2.13. The minimum atomic E-state index is -0.368. The highest BCUT2D eigenvalue weighted by molar-refractivity contribution is 7.21. The SMILES string of the molecule is CCOc1c(Cl)cc(CNC(=O)c2sc3cccc(F)c3c2COC)cc1OC. The van der Waals surface area contributed by atoms with E-state index in [2.05, 4.69) is 5.32 Å². The second-order valence-electron chi connectivity index (χ2n) is 6.18. The van der Waals surface area contributed by atoms with Gasteiger partial charge < -0.3 is 19.5 Å². The molecule has 1 heterocycles. The average Bonchev–Trinajstić information content (AvgIpc) is 3.08. The molecule has 3 aromatic rings. The lowest BCUT2D eigenvalue weighted by molar-refractivity contribution is 0.0950. The molecule has 2 aromatic carbocycles. The minimum absolute atomic E-state index is 0.145. The zero-order valence-corrected chi connectivity index (χ0v) is 17.9. The Morgan fingerprint density at radius 2 is 2.07 bits per heavy atom. The molecule has 0 spiro atoms. The van der Waals surface area contributed by atoms with Crippen LogP contribution < -0.4 is 14.8 Å². The Morgan fingerprint density at radius 3 is 2.76 bits per heavy atom. The number of nitrogens with one attached hydrogen (secondary N) is 1. The Balaban J connectivity index is 1.85. The van der Waals surface area contributed by atoms with Crippen molar-refractivity contribution in [1.29, 1.82) is 0 Å². The molecule has 0 radical (unpaired) electrons. The van der Waals surface area contributed by atoms with Gasteiger partial charge in [0.05, 0.1) is 30.2 Å². The van der Waals surface area contributed by atoms with Gasteiger partial charge in [0.1, 0.15) is 5.82 Å². The largest absolute Gasteiger partial charge is 0.493 e.